The molecule has 0 aromatic heterocycles. The molecule has 1 aliphatic rings. The van der Waals surface area contributed by atoms with Crippen molar-refractivity contribution >= 4 is 23.0 Å². The van der Waals surface area contributed by atoms with Crippen molar-refractivity contribution in [2.45, 2.75) is 18.5 Å². The van der Waals surface area contributed by atoms with Gasteiger partial charge in [-0.05, 0) is 31.5 Å². The minimum absolute atomic E-state index is 0.155. The van der Waals surface area contributed by atoms with Crippen molar-refractivity contribution in [2.75, 3.05) is 23.7 Å². The molecule has 4 heteroatoms. The number of benzene rings is 1. The topological polar surface area (TPSA) is 41.3 Å². The van der Waals surface area contributed by atoms with Crippen LogP contribution in [0.2, 0.25) is 0 Å². The molecule has 0 saturated carbocycles. The van der Waals surface area contributed by atoms with Crippen LogP contribution < -0.4 is 16.0 Å². The van der Waals surface area contributed by atoms with Gasteiger partial charge in [-0.1, -0.05) is 23.7 Å². The lowest BCUT2D eigenvalue weighted by Crippen LogP contribution is -2.40. The Kier molecular flexibility index (Phi) is 3.34. The molecule has 82 valence electrons. The molecule has 1 saturated heterocycles. The van der Waals surface area contributed by atoms with E-state index in [4.69, 9.17) is 17.3 Å². The molecule has 1 aromatic carbocycles. The zero-order valence-corrected chi connectivity index (χ0v) is 9.37. The van der Waals surface area contributed by atoms with Crippen LogP contribution in [0.4, 0.5) is 11.4 Å². The molecule has 1 fully saturated rings. The largest absolute Gasteiger partial charge is 0.397 e. The Morgan fingerprint density at radius 3 is 2.93 bits per heavy atom. The summed E-state index contributed by atoms with van der Waals surface area (Å²) < 4.78 is 0. The fourth-order valence-electron chi connectivity index (χ4n) is 1.84. The molecule has 15 heavy (non-hydrogen) atoms. The highest BCUT2D eigenvalue weighted by Gasteiger charge is 2.19. The van der Waals surface area contributed by atoms with Crippen molar-refractivity contribution in [3.05, 3.63) is 24.3 Å². The summed E-state index contributed by atoms with van der Waals surface area (Å²) in [6, 6.07) is 7.84. The lowest BCUT2D eigenvalue weighted by Gasteiger charge is -2.28. The SMILES string of the molecule is Nc1ccccc1N1CCCCNC1Cl. The number of nitrogens with two attached hydrogens (primary N) is 1. The summed E-state index contributed by atoms with van der Waals surface area (Å²) in [5.74, 6) is 0. The van der Waals surface area contributed by atoms with Gasteiger partial charge >= 0.3 is 0 Å². The Bertz CT molecular complexity index is 329. The van der Waals surface area contributed by atoms with E-state index in [2.05, 4.69) is 10.2 Å². The van der Waals surface area contributed by atoms with E-state index < -0.39 is 0 Å². The monoisotopic (exact) mass is 225 g/mol. The van der Waals surface area contributed by atoms with Crippen molar-refractivity contribution in [3.8, 4) is 0 Å². The first-order valence-corrected chi connectivity index (χ1v) is 5.71. The van der Waals surface area contributed by atoms with Crippen molar-refractivity contribution in [1.29, 1.82) is 0 Å². The van der Waals surface area contributed by atoms with Crippen molar-refractivity contribution in [2.24, 2.45) is 0 Å². The van der Waals surface area contributed by atoms with Gasteiger partial charge in [0.15, 0.2) is 5.62 Å². The van der Waals surface area contributed by atoms with E-state index in [1.54, 1.807) is 0 Å². The number of alkyl halides is 1. The summed E-state index contributed by atoms with van der Waals surface area (Å²) >= 11 is 6.25. The molecule has 3 nitrogen and oxygen atoms in total. The Balaban J connectivity index is 2.24. The quantitative estimate of drug-likeness (QED) is 0.436. The number of nitrogens with one attached hydrogen (secondary N) is 1. The molecule has 1 aromatic rings. The van der Waals surface area contributed by atoms with Crippen molar-refractivity contribution in [3.63, 3.8) is 0 Å². The van der Waals surface area contributed by atoms with Crippen molar-refractivity contribution < 1.29 is 0 Å². The summed E-state index contributed by atoms with van der Waals surface area (Å²) in [5, 5.41) is 3.26. The van der Waals surface area contributed by atoms with Gasteiger partial charge in [0.25, 0.3) is 0 Å². The summed E-state index contributed by atoms with van der Waals surface area (Å²) in [4.78, 5) is 2.11. The maximum atomic E-state index is 6.25. The summed E-state index contributed by atoms with van der Waals surface area (Å²) in [6.45, 7) is 1.92. The number of hydrogen-bond donors (Lipinski definition) is 2. The normalized spacial score (nSPS) is 22.5. The first kappa shape index (κ1) is 10.6. The lowest BCUT2D eigenvalue weighted by molar-refractivity contribution is 0.654. The number of nitrogens with zero attached hydrogens (tertiary/aromatic N) is 1. The first-order valence-electron chi connectivity index (χ1n) is 5.27. The standard InChI is InChI=1S/C11H16ClN3/c12-11-14-7-3-4-8-15(11)10-6-2-1-5-9(10)13/h1-2,5-6,11,14H,3-4,7-8,13H2. The van der Waals surface area contributed by atoms with Crippen LogP contribution >= 0.6 is 11.6 Å². The molecule has 0 aliphatic carbocycles. The van der Waals surface area contributed by atoms with E-state index in [0.29, 0.717) is 0 Å². The van der Waals surface area contributed by atoms with Crippen LogP contribution in [0, 0.1) is 0 Å². The van der Waals surface area contributed by atoms with Gasteiger partial charge < -0.3 is 10.6 Å². The predicted octanol–water partition coefficient (Wildman–Crippen LogP) is 1.98. The molecular formula is C11H16ClN3. The maximum absolute atomic E-state index is 6.25. The number of para-hydroxylation sites is 2. The van der Waals surface area contributed by atoms with E-state index in [0.717, 1.165) is 37.3 Å². The molecule has 0 radical (unpaired) electrons. The molecule has 1 unspecified atom stereocenters. The van der Waals surface area contributed by atoms with Gasteiger partial charge in [-0.25, -0.2) is 0 Å². The van der Waals surface area contributed by atoms with Gasteiger partial charge in [-0.15, -0.1) is 0 Å². The Labute approximate surface area is 95.2 Å². The third-order valence-corrected chi connectivity index (χ3v) is 3.05. The number of halogens is 1. The van der Waals surface area contributed by atoms with Gasteiger partial charge in [0.05, 0.1) is 11.4 Å². The van der Waals surface area contributed by atoms with E-state index in [1.807, 2.05) is 24.3 Å². The maximum Gasteiger partial charge on any atom is 0.157 e. The summed E-state index contributed by atoms with van der Waals surface area (Å²) in [5.41, 5.74) is 7.59. The van der Waals surface area contributed by atoms with Gasteiger partial charge in [0.2, 0.25) is 0 Å². The Morgan fingerprint density at radius 1 is 1.33 bits per heavy atom. The summed E-state index contributed by atoms with van der Waals surface area (Å²) in [7, 11) is 0. The third-order valence-electron chi connectivity index (χ3n) is 2.66. The highest BCUT2D eigenvalue weighted by atomic mass is 35.5. The average Bonchev–Trinajstić information content (AvgIpc) is 2.44. The minimum atomic E-state index is -0.155. The van der Waals surface area contributed by atoms with Crippen LogP contribution in [0.3, 0.4) is 0 Å². The second kappa shape index (κ2) is 4.73. The van der Waals surface area contributed by atoms with Crippen LogP contribution in [0.5, 0.6) is 0 Å². The van der Waals surface area contributed by atoms with E-state index in [1.165, 1.54) is 0 Å². The molecular weight excluding hydrogens is 210 g/mol. The second-order valence-electron chi connectivity index (χ2n) is 3.75. The first-order chi connectivity index (χ1) is 7.29. The van der Waals surface area contributed by atoms with Gasteiger partial charge in [-0.2, -0.15) is 0 Å². The molecule has 2 rings (SSSR count). The van der Waals surface area contributed by atoms with Crippen molar-refractivity contribution in [1.82, 2.24) is 5.32 Å². The number of anilines is 2. The second-order valence-corrected chi connectivity index (χ2v) is 4.16. The van der Waals surface area contributed by atoms with E-state index >= 15 is 0 Å². The third kappa shape index (κ3) is 2.36. The van der Waals surface area contributed by atoms with Gasteiger partial charge in [0, 0.05) is 6.54 Å². The van der Waals surface area contributed by atoms with Crippen LogP contribution in [0.15, 0.2) is 24.3 Å². The highest BCUT2D eigenvalue weighted by Crippen LogP contribution is 2.26. The zero-order chi connectivity index (χ0) is 10.7. The molecule has 0 amide bonds. The zero-order valence-electron chi connectivity index (χ0n) is 8.62. The van der Waals surface area contributed by atoms with Crippen LogP contribution in [0.25, 0.3) is 0 Å². The predicted molar refractivity (Wildman–Crippen MR) is 65.1 cm³/mol. The minimum Gasteiger partial charge on any atom is -0.397 e. The fourth-order valence-corrected chi connectivity index (χ4v) is 2.16. The number of hydrogen-bond acceptors (Lipinski definition) is 3. The van der Waals surface area contributed by atoms with Crippen LogP contribution in [-0.4, -0.2) is 18.7 Å². The van der Waals surface area contributed by atoms with Crippen LogP contribution in [0.1, 0.15) is 12.8 Å². The van der Waals surface area contributed by atoms with Gasteiger partial charge in [-0.3, -0.25) is 5.32 Å². The lowest BCUT2D eigenvalue weighted by atomic mass is 10.2. The fraction of sp³-hybridized carbons (Fsp3) is 0.455. The Morgan fingerprint density at radius 2 is 2.13 bits per heavy atom. The van der Waals surface area contributed by atoms with E-state index in [9.17, 15) is 0 Å². The summed E-state index contributed by atoms with van der Waals surface area (Å²) in [6.07, 6.45) is 2.30. The number of nitrogen functional groups attached to an aromatic ring is 1. The number of rotatable bonds is 1. The molecule has 1 heterocycles. The highest BCUT2D eigenvalue weighted by molar-refractivity contribution is 6.21. The molecule has 1 atom stereocenters. The molecule has 1 aliphatic heterocycles. The van der Waals surface area contributed by atoms with E-state index in [-0.39, 0.29) is 5.62 Å². The average molecular weight is 226 g/mol. The molecule has 0 spiro atoms. The van der Waals surface area contributed by atoms with Crippen LogP contribution in [-0.2, 0) is 0 Å². The smallest absolute Gasteiger partial charge is 0.157 e. The molecule has 0 bridgehead atoms. The Hall–Kier alpha value is -0.930. The molecule has 3 N–H and O–H groups in total. The van der Waals surface area contributed by atoms with Gasteiger partial charge in [0.1, 0.15) is 0 Å².